The molecule has 0 spiro atoms. The normalized spacial score (nSPS) is 14.3. The largest absolute Gasteiger partial charge is 0.416 e. The molecule has 1 aliphatic rings. The van der Waals surface area contributed by atoms with Crippen molar-refractivity contribution in [2.75, 3.05) is 6.54 Å². The van der Waals surface area contributed by atoms with Gasteiger partial charge in [-0.3, -0.25) is 9.89 Å². The van der Waals surface area contributed by atoms with Crippen molar-refractivity contribution in [3.8, 4) is 0 Å². The fourth-order valence-corrected chi connectivity index (χ4v) is 2.58. The average molecular weight is 342 g/mol. The monoisotopic (exact) mass is 342 g/mol. The van der Waals surface area contributed by atoms with Crippen molar-refractivity contribution in [3.63, 3.8) is 0 Å². The molecule has 0 radical (unpaired) electrons. The van der Waals surface area contributed by atoms with Gasteiger partial charge in [0.2, 0.25) is 0 Å². The van der Waals surface area contributed by atoms with Crippen LogP contribution in [0.2, 0.25) is 0 Å². The van der Waals surface area contributed by atoms with Crippen LogP contribution in [0.5, 0.6) is 0 Å². The van der Waals surface area contributed by atoms with Crippen molar-refractivity contribution in [1.29, 1.82) is 0 Å². The molecule has 2 aromatic rings. The van der Waals surface area contributed by atoms with E-state index >= 15 is 0 Å². The van der Waals surface area contributed by atoms with Gasteiger partial charge in [0.15, 0.2) is 0 Å². The molecule has 0 fully saturated rings. The van der Waals surface area contributed by atoms with Crippen molar-refractivity contribution in [2.45, 2.75) is 25.7 Å². The lowest BCUT2D eigenvalue weighted by Gasteiger charge is -2.13. The van der Waals surface area contributed by atoms with E-state index in [0.717, 1.165) is 17.3 Å². The van der Waals surface area contributed by atoms with Crippen molar-refractivity contribution in [2.24, 2.45) is 0 Å². The summed E-state index contributed by atoms with van der Waals surface area (Å²) in [6.07, 6.45) is -3.95. The number of aromatic amines is 1. The van der Waals surface area contributed by atoms with Gasteiger partial charge >= 0.3 is 6.18 Å². The number of rotatable bonds is 3. The molecule has 128 valence electrons. The van der Waals surface area contributed by atoms with Crippen LogP contribution in [-0.2, 0) is 25.7 Å². The fourth-order valence-electron chi connectivity index (χ4n) is 2.58. The highest BCUT2D eigenvalue weighted by atomic mass is 19.4. The fraction of sp³-hybridized carbons (Fsp3) is 0.333. The summed E-state index contributed by atoms with van der Waals surface area (Å²) >= 11 is 0. The minimum absolute atomic E-state index is 0.228. The van der Waals surface area contributed by atoms with Gasteiger partial charge < -0.3 is 10.6 Å². The molecule has 0 bridgehead atoms. The Labute approximate surface area is 134 Å². The predicted octanol–water partition coefficient (Wildman–Crippen LogP) is 2.14. The van der Waals surface area contributed by atoms with Gasteiger partial charge in [-0.2, -0.15) is 18.3 Å². The number of halogens is 4. The van der Waals surface area contributed by atoms with Crippen LogP contribution in [0.4, 0.5) is 17.6 Å². The first-order chi connectivity index (χ1) is 11.4. The molecule has 1 aromatic carbocycles. The van der Waals surface area contributed by atoms with E-state index in [4.69, 9.17) is 0 Å². The predicted molar refractivity (Wildman–Crippen MR) is 76.6 cm³/mol. The number of aromatic nitrogens is 2. The van der Waals surface area contributed by atoms with Crippen molar-refractivity contribution in [3.05, 3.63) is 52.1 Å². The molecule has 3 N–H and O–H groups in total. The zero-order chi connectivity index (χ0) is 17.3. The summed E-state index contributed by atoms with van der Waals surface area (Å²) in [5.41, 5.74) is 0.581. The van der Waals surface area contributed by atoms with E-state index < -0.39 is 23.5 Å². The van der Waals surface area contributed by atoms with Crippen LogP contribution in [0, 0.1) is 5.82 Å². The molecule has 0 saturated carbocycles. The molecular formula is C15H14F4N4O. The SMILES string of the molecule is O=C(NCc1cc(C(F)(F)F)ccc1F)c1[nH]nc2c1CCNC2. The van der Waals surface area contributed by atoms with Gasteiger partial charge in [0.05, 0.1) is 11.3 Å². The Morgan fingerprint density at radius 2 is 2.12 bits per heavy atom. The lowest BCUT2D eigenvalue weighted by Crippen LogP contribution is -2.28. The van der Waals surface area contributed by atoms with Crippen molar-refractivity contribution < 1.29 is 22.4 Å². The zero-order valence-electron chi connectivity index (χ0n) is 12.4. The molecule has 1 aromatic heterocycles. The highest BCUT2D eigenvalue weighted by molar-refractivity contribution is 5.94. The number of hydrogen-bond donors (Lipinski definition) is 3. The van der Waals surface area contributed by atoms with Gasteiger partial charge in [0.1, 0.15) is 11.5 Å². The summed E-state index contributed by atoms with van der Waals surface area (Å²) in [4.78, 5) is 12.2. The van der Waals surface area contributed by atoms with E-state index in [9.17, 15) is 22.4 Å². The Kier molecular flexibility index (Phi) is 4.27. The molecule has 5 nitrogen and oxygen atoms in total. The van der Waals surface area contributed by atoms with E-state index in [1.165, 1.54) is 0 Å². The number of amides is 1. The third-order valence-electron chi connectivity index (χ3n) is 3.84. The second-order valence-electron chi connectivity index (χ2n) is 5.44. The van der Waals surface area contributed by atoms with Crippen LogP contribution in [0.3, 0.4) is 0 Å². The number of carbonyl (C=O) groups is 1. The molecule has 0 atom stereocenters. The number of benzene rings is 1. The minimum atomic E-state index is -4.57. The van der Waals surface area contributed by atoms with Crippen molar-refractivity contribution in [1.82, 2.24) is 20.8 Å². The van der Waals surface area contributed by atoms with Crippen molar-refractivity contribution >= 4 is 5.91 Å². The second kappa shape index (κ2) is 6.23. The molecule has 9 heteroatoms. The van der Waals surface area contributed by atoms with Crippen LogP contribution in [-0.4, -0.2) is 22.6 Å². The third-order valence-corrected chi connectivity index (χ3v) is 3.84. The molecule has 0 aliphatic carbocycles. The average Bonchev–Trinajstić information content (AvgIpc) is 2.97. The summed E-state index contributed by atoms with van der Waals surface area (Å²) < 4.78 is 51.7. The maximum atomic E-state index is 13.7. The number of nitrogens with one attached hydrogen (secondary N) is 3. The van der Waals surface area contributed by atoms with Gasteiger partial charge in [0, 0.05) is 24.2 Å². The van der Waals surface area contributed by atoms with Gasteiger partial charge in [-0.25, -0.2) is 4.39 Å². The van der Waals surface area contributed by atoms with Gasteiger partial charge in [-0.15, -0.1) is 0 Å². The van der Waals surface area contributed by atoms with Crippen LogP contribution in [0.25, 0.3) is 0 Å². The zero-order valence-corrected chi connectivity index (χ0v) is 12.4. The number of H-pyrrole nitrogens is 1. The summed E-state index contributed by atoms with van der Waals surface area (Å²) in [7, 11) is 0. The van der Waals surface area contributed by atoms with E-state index in [1.54, 1.807) is 0 Å². The minimum Gasteiger partial charge on any atom is -0.347 e. The quantitative estimate of drug-likeness (QED) is 0.749. The second-order valence-corrected chi connectivity index (χ2v) is 5.44. The lowest BCUT2D eigenvalue weighted by atomic mass is 10.1. The Morgan fingerprint density at radius 3 is 2.88 bits per heavy atom. The maximum Gasteiger partial charge on any atom is 0.416 e. The van der Waals surface area contributed by atoms with Crippen LogP contribution in [0.1, 0.15) is 32.9 Å². The smallest absolute Gasteiger partial charge is 0.347 e. The highest BCUT2D eigenvalue weighted by Gasteiger charge is 2.31. The molecule has 0 unspecified atom stereocenters. The number of nitrogens with zero attached hydrogens (tertiary/aromatic N) is 1. The summed E-state index contributed by atoms with van der Waals surface area (Å²) in [5.74, 6) is -1.33. The van der Waals surface area contributed by atoms with Gasteiger partial charge in [-0.1, -0.05) is 0 Å². The Morgan fingerprint density at radius 1 is 1.33 bits per heavy atom. The molecule has 2 heterocycles. The molecule has 24 heavy (non-hydrogen) atoms. The summed E-state index contributed by atoms with van der Waals surface area (Å²) in [6.45, 7) is 0.900. The van der Waals surface area contributed by atoms with E-state index in [-0.39, 0.29) is 17.8 Å². The first-order valence-electron chi connectivity index (χ1n) is 7.27. The molecular weight excluding hydrogens is 328 g/mol. The topological polar surface area (TPSA) is 69.8 Å². The number of alkyl halides is 3. The van der Waals surface area contributed by atoms with E-state index in [0.29, 0.717) is 31.6 Å². The van der Waals surface area contributed by atoms with Crippen LogP contribution >= 0.6 is 0 Å². The number of hydrogen-bond acceptors (Lipinski definition) is 3. The third kappa shape index (κ3) is 3.25. The first kappa shape index (κ1) is 16.4. The highest BCUT2D eigenvalue weighted by Crippen LogP contribution is 2.30. The lowest BCUT2D eigenvalue weighted by molar-refractivity contribution is -0.137. The Balaban J connectivity index is 1.74. The van der Waals surface area contributed by atoms with E-state index in [2.05, 4.69) is 20.8 Å². The molecule has 1 aliphatic heterocycles. The Hall–Kier alpha value is -2.42. The molecule has 0 saturated heterocycles. The Bertz CT molecular complexity index is 769. The maximum absolute atomic E-state index is 13.7. The van der Waals surface area contributed by atoms with Crippen LogP contribution in [0.15, 0.2) is 18.2 Å². The number of fused-ring (bicyclic) bond motifs is 1. The van der Waals surface area contributed by atoms with Gasteiger partial charge in [-0.05, 0) is 31.2 Å². The molecule has 3 rings (SSSR count). The van der Waals surface area contributed by atoms with E-state index in [1.807, 2.05) is 0 Å². The summed E-state index contributed by atoms with van der Waals surface area (Å²) in [5, 5.41) is 12.2. The first-order valence-corrected chi connectivity index (χ1v) is 7.27. The number of carbonyl (C=O) groups excluding carboxylic acids is 1. The standard InChI is InChI=1S/C15H14F4N4O/c16-11-2-1-9(15(17,18)19)5-8(11)6-21-14(24)13-10-3-4-20-7-12(10)22-23-13/h1-2,5,20H,3-4,6-7H2,(H,21,24)(H,22,23). The summed E-state index contributed by atoms with van der Waals surface area (Å²) in [6, 6.07) is 2.11. The molecule has 1 amide bonds. The van der Waals surface area contributed by atoms with Gasteiger partial charge in [0.25, 0.3) is 5.91 Å². The van der Waals surface area contributed by atoms with Crippen LogP contribution < -0.4 is 10.6 Å².